The van der Waals surface area contributed by atoms with Gasteiger partial charge in [-0.2, -0.15) is 4.37 Å². The summed E-state index contributed by atoms with van der Waals surface area (Å²) >= 11 is 0.903. The Hall–Kier alpha value is -2.48. The van der Waals surface area contributed by atoms with Gasteiger partial charge in [-0.15, -0.1) is 0 Å². The minimum Gasteiger partial charge on any atom is -0.478 e. The quantitative estimate of drug-likeness (QED) is 0.882. The van der Waals surface area contributed by atoms with Crippen molar-refractivity contribution in [2.24, 2.45) is 0 Å². The number of nitrogens with zero attached hydrogens (tertiary/aromatic N) is 2. The van der Waals surface area contributed by atoms with Gasteiger partial charge >= 0.3 is 5.97 Å². The van der Waals surface area contributed by atoms with Crippen LogP contribution >= 0.6 is 11.5 Å². The Morgan fingerprint density at radius 3 is 2.75 bits per heavy atom. The van der Waals surface area contributed by atoms with Gasteiger partial charge in [-0.1, -0.05) is 0 Å². The van der Waals surface area contributed by atoms with Gasteiger partial charge < -0.3 is 15.0 Å². The average molecular weight is 293 g/mol. The molecule has 1 amide bonds. The van der Waals surface area contributed by atoms with E-state index in [9.17, 15) is 14.4 Å². The number of amides is 1. The maximum Gasteiger partial charge on any atom is 0.340 e. The minimum atomic E-state index is -1.16. The van der Waals surface area contributed by atoms with E-state index in [0.717, 1.165) is 16.4 Å². The number of carbonyl (C=O) groups excluding carboxylic acids is 1. The highest BCUT2D eigenvalue weighted by Gasteiger charge is 2.25. The summed E-state index contributed by atoms with van der Waals surface area (Å²) in [5.74, 6) is -1.74. The summed E-state index contributed by atoms with van der Waals surface area (Å²) in [7, 11) is 1.41. The van der Waals surface area contributed by atoms with Gasteiger partial charge in [0, 0.05) is 13.2 Å². The molecule has 0 bridgehead atoms. The van der Waals surface area contributed by atoms with Crippen molar-refractivity contribution in [2.45, 2.75) is 6.92 Å². The number of aromatic nitrogens is 2. The number of carboxylic acids is 1. The fourth-order valence-corrected chi connectivity index (χ4v) is 2.54. The number of aromatic amines is 1. The van der Waals surface area contributed by atoms with Crippen molar-refractivity contribution in [3.8, 4) is 0 Å². The second-order valence-corrected chi connectivity index (χ2v) is 4.78. The number of aryl methyl sites for hydroxylation is 1. The van der Waals surface area contributed by atoms with Gasteiger partial charge in [-0.05, 0) is 30.6 Å². The van der Waals surface area contributed by atoms with Crippen LogP contribution < -0.4 is 10.5 Å². The third-order valence-corrected chi connectivity index (χ3v) is 3.73. The highest BCUT2D eigenvalue weighted by atomic mass is 32.1. The smallest absolute Gasteiger partial charge is 0.340 e. The number of nitrogens with one attached hydrogen (secondary N) is 1. The minimum absolute atomic E-state index is 0.0294. The van der Waals surface area contributed by atoms with Crippen LogP contribution in [0.2, 0.25) is 0 Å². The molecule has 2 aromatic heterocycles. The number of pyridine rings is 1. The van der Waals surface area contributed by atoms with Crippen LogP contribution in [0.15, 0.2) is 23.1 Å². The second-order valence-electron chi connectivity index (χ2n) is 4.03. The summed E-state index contributed by atoms with van der Waals surface area (Å²) in [6.45, 7) is 1.55. The molecule has 2 rings (SSSR count). The first-order chi connectivity index (χ1) is 9.43. The molecule has 0 saturated carbocycles. The van der Waals surface area contributed by atoms with Gasteiger partial charge in [-0.3, -0.25) is 9.59 Å². The Kier molecular flexibility index (Phi) is 3.66. The molecule has 0 aromatic carbocycles. The first kappa shape index (κ1) is 13.9. The predicted octanol–water partition coefficient (Wildman–Crippen LogP) is 1.11. The van der Waals surface area contributed by atoms with Crippen molar-refractivity contribution in [1.82, 2.24) is 9.36 Å². The first-order valence-corrected chi connectivity index (χ1v) is 6.36. The number of hydrogen-bond acceptors (Lipinski definition) is 5. The van der Waals surface area contributed by atoms with Gasteiger partial charge in [0.25, 0.3) is 11.5 Å². The molecule has 0 aliphatic rings. The van der Waals surface area contributed by atoms with Crippen LogP contribution in [0, 0.1) is 6.92 Å². The summed E-state index contributed by atoms with van der Waals surface area (Å²) in [4.78, 5) is 38.5. The van der Waals surface area contributed by atoms with E-state index >= 15 is 0 Å². The van der Waals surface area contributed by atoms with Crippen LogP contribution in [-0.2, 0) is 0 Å². The molecule has 0 aliphatic heterocycles. The Balaban J connectivity index is 2.45. The van der Waals surface area contributed by atoms with E-state index in [0.29, 0.717) is 5.69 Å². The zero-order valence-corrected chi connectivity index (χ0v) is 11.5. The molecule has 0 atom stereocenters. The summed E-state index contributed by atoms with van der Waals surface area (Å²) in [6.07, 6.45) is 1.42. The molecule has 104 valence electrons. The number of carbonyl (C=O) groups is 2. The van der Waals surface area contributed by atoms with Crippen molar-refractivity contribution in [2.75, 3.05) is 11.9 Å². The van der Waals surface area contributed by atoms with Crippen LogP contribution in [0.3, 0.4) is 0 Å². The number of anilines is 1. The van der Waals surface area contributed by atoms with E-state index in [-0.39, 0.29) is 16.1 Å². The highest BCUT2D eigenvalue weighted by Crippen LogP contribution is 2.28. The fourth-order valence-electron chi connectivity index (χ4n) is 1.70. The van der Waals surface area contributed by atoms with Crippen LogP contribution in [-0.4, -0.2) is 33.4 Å². The van der Waals surface area contributed by atoms with E-state index in [1.165, 1.54) is 25.4 Å². The molecule has 20 heavy (non-hydrogen) atoms. The van der Waals surface area contributed by atoms with Crippen molar-refractivity contribution in [1.29, 1.82) is 0 Å². The molecule has 0 radical (unpaired) electrons. The summed E-state index contributed by atoms with van der Waals surface area (Å²) in [5.41, 5.74) is -0.280. The molecule has 2 heterocycles. The van der Waals surface area contributed by atoms with Gasteiger partial charge in [0.2, 0.25) is 0 Å². The molecule has 0 spiro atoms. The maximum atomic E-state index is 12.2. The molecule has 0 saturated heterocycles. The third kappa shape index (κ3) is 2.32. The average Bonchev–Trinajstić information content (AvgIpc) is 2.79. The lowest BCUT2D eigenvalue weighted by Gasteiger charge is -2.15. The normalized spacial score (nSPS) is 10.3. The van der Waals surface area contributed by atoms with Crippen LogP contribution in [0.25, 0.3) is 0 Å². The molecule has 7 nitrogen and oxygen atoms in total. The maximum absolute atomic E-state index is 12.2. The van der Waals surface area contributed by atoms with Gasteiger partial charge in [0.15, 0.2) is 0 Å². The molecule has 8 heteroatoms. The van der Waals surface area contributed by atoms with Crippen molar-refractivity contribution >= 4 is 28.4 Å². The Bertz CT molecular complexity index is 734. The number of rotatable bonds is 3. The molecule has 0 fully saturated rings. The number of carboxylic acid groups (broad SMARTS) is 1. The zero-order chi connectivity index (χ0) is 14.9. The monoisotopic (exact) mass is 293 g/mol. The van der Waals surface area contributed by atoms with E-state index < -0.39 is 17.4 Å². The topological polar surface area (TPSA) is 103 Å². The van der Waals surface area contributed by atoms with Gasteiger partial charge in [-0.25, -0.2) is 4.79 Å². The highest BCUT2D eigenvalue weighted by molar-refractivity contribution is 7.11. The van der Waals surface area contributed by atoms with E-state index in [1.807, 2.05) is 0 Å². The van der Waals surface area contributed by atoms with Crippen molar-refractivity contribution in [3.63, 3.8) is 0 Å². The van der Waals surface area contributed by atoms with Gasteiger partial charge in [0.1, 0.15) is 16.1 Å². The number of hydrogen-bond donors (Lipinski definition) is 2. The molecule has 2 N–H and O–H groups in total. The Labute approximate surface area is 117 Å². The second kappa shape index (κ2) is 5.25. The number of H-pyrrole nitrogens is 1. The zero-order valence-electron chi connectivity index (χ0n) is 10.7. The SMILES string of the molecule is Cc1nsc(N(C)C(=O)c2ccc[nH]c2=O)c1C(=O)O. The Morgan fingerprint density at radius 2 is 2.15 bits per heavy atom. The number of aromatic carboxylic acids is 1. The first-order valence-electron chi connectivity index (χ1n) is 5.58. The standard InChI is InChI=1S/C12H11N3O4S/c1-6-8(12(18)19)11(20-14-6)15(2)10(17)7-4-3-5-13-9(7)16/h3-5H,1-2H3,(H,13,16)(H,18,19). The van der Waals surface area contributed by atoms with Crippen molar-refractivity contribution < 1.29 is 14.7 Å². The van der Waals surface area contributed by atoms with Crippen LogP contribution in [0.1, 0.15) is 26.4 Å². The van der Waals surface area contributed by atoms with Gasteiger partial charge in [0.05, 0.1) is 5.69 Å². The molecular weight excluding hydrogens is 282 g/mol. The molecular formula is C12H11N3O4S. The largest absolute Gasteiger partial charge is 0.478 e. The lowest BCUT2D eigenvalue weighted by Crippen LogP contribution is -2.31. The molecule has 2 aromatic rings. The van der Waals surface area contributed by atoms with E-state index in [4.69, 9.17) is 5.11 Å². The van der Waals surface area contributed by atoms with Crippen molar-refractivity contribution in [3.05, 3.63) is 45.5 Å². The van der Waals surface area contributed by atoms with Crippen LogP contribution in [0.4, 0.5) is 5.00 Å². The summed E-state index contributed by atoms with van der Waals surface area (Å²) < 4.78 is 3.94. The lowest BCUT2D eigenvalue weighted by molar-refractivity contribution is 0.0697. The molecule has 0 aliphatic carbocycles. The van der Waals surface area contributed by atoms with Crippen LogP contribution in [0.5, 0.6) is 0 Å². The third-order valence-electron chi connectivity index (χ3n) is 2.72. The molecule has 0 unspecified atom stereocenters. The van der Waals surface area contributed by atoms with E-state index in [1.54, 1.807) is 6.92 Å². The fraction of sp³-hybridized carbons (Fsp3) is 0.167. The summed E-state index contributed by atoms with van der Waals surface area (Å²) in [6, 6.07) is 2.91. The predicted molar refractivity (Wildman–Crippen MR) is 73.6 cm³/mol. The Morgan fingerprint density at radius 1 is 1.45 bits per heavy atom. The van der Waals surface area contributed by atoms with E-state index in [2.05, 4.69) is 9.36 Å². The summed E-state index contributed by atoms with van der Waals surface area (Å²) in [5, 5.41) is 9.35. The lowest BCUT2D eigenvalue weighted by atomic mass is 10.2.